The fourth-order valence-electron chi connectivity index (χ4n) is 18.5. The van der Waals surface area contributed by atoms with Gasteiger partial charge in [-0.05, 0) is 217 Å². The molecule has 0 radical (unpaired) electrons. The van der Waals surface area contributed by atoms with Crippen molar-refractivity contribution in [3.05, 3.63) is 345 Å². The van der Waals surface area contributed by atoms with Crippen molar-refractivity contribution in [2.75, 3.05) is 19.8 Å². The van der Waals surface area contributed by atoms with E-state index in [0.717, 1.165) is 65.2 Å². The third-order valence-electron chi connectivity index (χ3n) is 24.3. The summed E-state index contributed by atoms with van der Waals surface area (Å²) < 4.78 is 106. The van der Waals surface area contributed by atoms with Crippen molar-refractivity contribution in [3.8, 4) is 0 Å². The van der Waals surface area contributed by atoms with Gasteiger partial charge in [-0.15, -0.1) is 0 Å². The van der Waals surface area contributed by atoms with E-state index in [-0.39, 0.29) is 65.7 Å². The average molecular weight is 2110 g/mol. The Bertz CT molecular complexity index is 4870. The molecule has 0 aliphatic rings. The van der Waals surface area contributed by atoms with Crippen LogP contribution in [-0.2, 0) is 54.4 Å². The standard InChI is InChI=1S/C103H150O15Si15.4CH4/c1-20-78-106-127(104,109-119(6)7)85-81-121(10,11)111-130(112-122(12,13)82-86-128(105,107-79-21-2)110-120(8)9,113-123(14,15)83-87-129(108-80-22-3,114-124(16,17)89-91(4)93-56-34-23-35-57-93)115-125(18,19)90-92(5)94-58-36-24-37-59-94)88-84-126(95-60-38-25-39-61-95,116-131(96-62-40-26-41-63-96,97-64-42-27-43-65-97)98-66-44-28-45-67-98)117-133(102-74-52-32-53-75-102,103-76-54-33-55-77-103)118-132(99-68-46-29-47-69-99,100-70-48-30-49-71-100)101-72-50-31-51-73-101;;;;/h23-77,91-92,104-105,119-120H,20-22,78-90H2,1-19H3;4*1H4. The van der Waals surface area contributed by atoms with Crippen LogP contribution >= 0.6 is 0 Å². The van der Waals surface area contributed by atoms with Crippen LogP contribution in [0.2, 0.25) is 152 Å². The highest BCUT2D eigenvalue weighted by Crippen LogP contribution is 2.43. The smallest absolute Gasteiger partial charge is 0.422 e. The molecule has 744 valence electrons. The molecule has 0 aromatic heterocycles. The predicted octanol–water partition coefficient (Wildman–Crippen LogP) is 22.3. The Morgan fingerprint density at radius 1 is 0.248 bits per heavy atom. The van der Waals surface area contributed by atoms with E-state index in [1.807, 2.05) is 0 Å². The Hall–Kier alpha value is -5.93. The van der Waals surface area contributed by atoms with E-state index in [9.17, 15) is 21.9 Å². The van der Waals surface area contributed by atoms with Gasteiger partial charge >= 0.3 is 52.3 Å². The quantitative estimate of drug-likeness (QED) is 0.0274. The number of hydrogen-bond donors (Lipinski definition) is 2. The number of rotatable bonds is 56. The molecule has 11 rings (SSSR count). The summed E-state index contributed by atoms with van der Waals surface area (Å²) in [4.78, 5) is 26.2. The van der Waals surface area contributed by atoms with E-state index in [4.69, 9.17) is 42.1 Å². The van der Waals surface area contributed by atoms with Crippen LogP contribution in [0.15, 0.2) is 334 Å². The maximum absolute atomic E-state index is 13.1. The minimum atomic E-state index is -4.77. The lowest BCUT2D eigenvalue weighted by Crippen LogP contribution is -2.83. The van der Waals surface area contributed by atoms with Crippen LogP contribution in [0.25, 0.3) is 0 Å². The van der Waals surface area contributed by atoms with Crippen LogP contribution in [0.1, 0.15) is 107 Å². The summed E-state index contributed by atoms with van der Waals surface area (Å²) in [5.74, 6) is 0.403. The summed E-state index contributed by atoms with van der Waals surface area (Å²) in [7, 11) is -53.1. The summed E-state index contributed by atoms with van der Waals surface area (Å²) in [5, 5.41) is 8.83. The first kappa shape index (κ1) is 118. The fraction of sp³-hybridized carbons (Fsp3) is 0.383. The lowest BCUT2D eigenvalue weighted by Gasteiger charge is -2.51. The van der Waals surface area contributed by atoms with Crippen LogP contribution in [-0.4, -0.2) is 158 Å². The molecule has 0 spiro atoms. The van der Waals surface area contributed by atoms with Gasteiger partial charge in [0.05, 0.1) is 0 Å². The van der Waals surface area contributed by atoms with Gasteiger partial charge < -0.3 is 64.0 Å². The molecule has 11 aromatic rings. The lowest BCUT2D eigenvalue weighted by atomic mass is 10.0. The normalized spacial score (nSPS) is 15.1. The van der Waals surface area contributed by atoms with Gasteiger partial charge in [-0.2, -0.15) is 0 Å². The SMILES string of the molecule is C.C.C.C.CCCO[Si](O)(CC[Si](C)(C)O[Si](CC[Si](O[Si](O[Si](c1ccccc1)(c1ccccc1)c1ccccc1)(c1ccccc1)c1ccccc1)(O[Si](c1ccccc1)(c1ccccc1)c1ccccc1)c1ccccc1)(O[Si](C)(C)CC[Si](O)(OCCC)O[SiH](C)C)O[Si](C)(C)CC[Si](OCCC)(O[Si](C)(C)CC(C)c1ccccc1)O[Si](C)(C)CC(C)c1ccccc1)O[SiH](C)C. The van der Waals surface area contributed by atoms with Gasteiger partial charge in [-0.1, -0.05) is 398 Å². The summed E-state index contributed by atoms with van der Waals surface area (Å²) >= 11 is 0. The Morgan fingerprint density at radius 2 is 0.482 bits per heavy atom. The highest BCUT2D eigenvalue weighted by Gasteiger charge is 2.65. The lowest BCUT2D eigenvalue weighted by molar-refractivity contribution is 0.157. The van der Waals surface area contributed by atoms with Crippen molar-refractivity contribution in [2.24, 2.45) is 0 Å². The van der Waals surface area contributed by atoms with Gasteiger partial charge in [0.1, 0.15) is 0 Å². The van der Waals surface area contributed by atoms with Crippen molar-refractivity contribution in [1.82, 2.24) is 0 Å². The molecule has 0 aliphatic carbocycles. The third kappa shape index (κ3) is 32.8. The highest BCUT2D eigenvalue weighted by molar-refractivity contribution is 7.16. The third-order valence-corrected chi connectivity index (χ3v) is 81.9. The number of benzene rings is 11. The number of hydrogen-bond acceptors (Lipinski definition) is 15. The van der Waals surface area contributed by atoms with Crippen LogP contribution in [0, 0.1) is 0 Å². The van der Waals surface area contributed by atoms with Crippen molar-refractivity contribution in [1.29, 1.82) is 0 Å². The van der Waals surface area contributed by atoms with Crippen molar-refractivity contribution in [2.45, 2.75) is 248 Å². The zero-order chi connectivity index (χ0) is 95.6. The van der Waals surface area contributed by atoms with E-state index in [0.29, 0.717) is 56.8 Å². The van der Waals surface area contributed by atoms with Gasteiger partial charge in [-0.25, -0.2) is 0 Å². The first-order valence-electron chi connectivity index (χ1n) is 48.4. The molecule has 0 amide bonds. The van der Waals surface area contributed by atoms with E-state index in [1.165, 1.54) is 11.1 Å². The van der Waals surface area contributed by atoms with Crippen LogP contribution in [0.5, 0.6) is 0 Å². The summed E-state index contributed by atoms with van der Waals surface area (Å²) in [5.41, 5.74) is 2.55. The Balaban J connectivity index is 0.00000639. The topological polar surface area (TPSA) is 160 Å². The molecule has 5 atom stereocenters. The molecule has 137 heavy (non-hydrogen) atoms. The van der Waals surface area contributed by atoms with Crippen LogP contribution in [0.4, 0.5) is 0 Å². The van der Waals surface area contributed by atoms with Crippen molar-refractivity contribution >= 4 is 175 Å². The molecule has 0 fully saturated rings. The predicted molar refractivity (Wildman–Crippen MR) is 615 cm³/mol. The molecule has 0 bridgehead atoms. The van der Waals surface area contributed by atoms with E-state index < -0.39 is 129 Å². The minimum Gasteiger partial charge on any atom is -0.422 e. The van der Waals surface area contributed by atoms with Gasteiger partial charge in [0.2, 0.25) is 0 Å². The molecule has 2 N–H and O–H groups in total. The zero-order valence-corrected chi connectivity index (χ0v) is 97.9. The molecule has 0 heterocycles. The second-order valence-electron chi connectivity index (χ2n) is 39.3. The van der Waals surface area contributed by atoms with Crippen molar-refractivity contribution in [3.63, 3.8) is 0 Å². The van der Waals surface area contributed by atoms with E-state index >= 15 is 0 Å². The monoisotopic (exact) mass is 2110 g/mol. The molecular formula is C107H166O15Si15. The zero-order valence-electron chi connectivity index (χ0n) is 82.6. The maximum atomic E-state index is 13.1. The second kappa shape index (κ2) is 53.6. The molecule has 0 aliphatic heterocycles. The first-order valence-corrected chi connectivity index (χ1v) is 85.0. The second-order valence-corrected chi connectivity index (χ2v) is 91.5. The Kier molecular flexibility index (Phi) is 46.2. The molecule has 0 saturated carbocycles. The first-order chi connectivity index (χ1) is 63.4. The average Bonchev–Trinajstić information content (AvgIpc) is 0.710. The van der Waals surface area contributed by atoms with Crippen LogP contribution < -0.4 is 46.7 Å². The largest absolute Gasteiger partial charge is 0.487 e. The maximum Gasteiger partial charge on any atom is 0.487 e. The molecule has 0 saturated heterocycles. The van der Waals surface area contributed by atoms with E-state index in [2.05, 4.69) is 460 Å². The molecule has 5 unspecified atom stereocenters. The van der Waals surface area contributed by atoms with Gasteiger partial charge in [0.15, 0.2) is 59.7 Å². The summed E-state index contributed by atoms with van der Waals surface area (Å²) in [6.07, 6.45) is 2.18. The van der Waals surface area contributed by atoms with E-state index in [1.54, 1.807) is 0 Å². The summed E-state index contributed by atoms with van der Waals surface area (Å²) in [6.45, 7) is 43.8. The van der Waals surface area contributed by atoms with Crippen molar-refractivity contribution < 1.29 is 64.0 Å². The molecular weight excluding hydrogens is 1950 g/mol. The molecule has 30 heteroatoms. The van der Waals surface area contributed by atoms with Crippen LogP contribution in [0.3, 0.4) is 0 Å². The van der Waals surface area contributed by atoms with Gasteiger partial charge in [-0.3, -0.25) is 0 Å². The molecule has 11 aromatic carbocycles. The fourth-order valence-corrected chi connectivity index (χ4v) is 89.9. The Morgan fingerprint density at radius 3 is 0.759 bits per heavy atom. The molecule has 15 nitrogen and oxygen atoms in total. The Labute approximate surface area is 844 Å². The summed E-state index contributed by atoms with van der Waals surface area (Å²) in [6, 6.07) is 124. The van der Waals surface area contributed by atoms with Gasteiger partial charge in [0, 0.05) is 44.0 Å². The van der Waals surface area contributed by atoms with Gasteiger partial charge in [0.25, 0.3) is 16.6 Å². The highest BCUT2D eigenvalue weighted by atomic mass is 28.5. The minimum absolute atomic E-state index is 0.